The van der Waals surface area contributed by atoms with Gasteiger partial charge in [0, 0.05) is 11.5 Å². The van der Waals surface area contributed by atoms with E-state index in [4.69, 9.17) is 13.9 Å². The molecule has 0 saturated carbocycles. The van der Waals surface area contributed by atoms with Gasteiger partial charge in [-0.2, -0.15) is 0 Å². The number of hydrogen-bond donors (Lipinski definition) is 1. The number of benzene rings is 1. The molecule has 1 N–H and O–H groups in total. The fourth-order valence-electron chi connectivity index (χ4n) is 3.56. The van der Waals surface area contributed by atoms with Crippen molar-refractivity contribution in [1.29, 1.82) is 0 Å². The van der Waals surface area contributed by atoms with Gasteiger partial charge in [0.05, 0.1) is 33.1 Å². The number of piperidine rings is 1. The van der Waals surface area contributed by atoms with E-state index in [-0.39, 0.29) is 17.9 Å². The number of carbonyl (C=O) groups is 1. The zero-order valence-electron chi connectivity index (χ0n) is 16.2. The molecule has 6 nitrogen and oxygen atoms in total. The zero-order valence-corrected chi connectivity index (χ0v) is 16.2. The van der Waals surface area contributed by atoms with Gasteiger partial charge >= 0.3 is 0 Å². The maximum atomic E-state index is 12.7. The van der Waals surface area contributed by atoms with Crippen LogP contribution in [-0.4, -0.2) is 38.1 Å². The Kier molecular flexibility index (Phi) is 6.40. The molecule has 1 aliphatic heterocycles. The summed E-state index contributed by atoms with van der Waals surface area (Å²) in [6.45, 7) is 4.57. The molecule has 1 fully saturated rings. The number of ether oxygens (including phenoxy) is 2. The lowest BCUT2D eigenvalue weighted by Gasteiger charge is -2.31. The first-order valence-corrected chi connectivity index (χ1v) is 9.37. The number of hydrogen-bond acceptors (Lipinski definition) is 5. The Bertz CT molecular complexity index is 737. The molecule has 1 atom stereocenters. The molecule has 0 spiro atoms. The third-order valence-electron chi connectivity index (χ3n) is 5.18. The van der Waals surface area contributed by atoms with E-state index in [1.807, 2.05) is 37.3 Å². The third-order valence-corrected chi connectivity index (χ3v) is 5.18. The van der Waals surface area contributed by atoms with Gasteiger partial charge in [0.25, 0.3) is 0 Å². The van der Waals surface area contributed by atoms with Crippen LogP contribution >= 0.6 is 0 Å². The minimum atomic E-state index is -0.149. The summed E-state index contributed by atoms with van der Waals surface area (Å²) in [5, 5.41) is 3.14. The number of carbonyl (C=O) groups excluding carboxylic acids is 1. The first-order valence-electron chi connectivity index (χ1n) is 9.37. The largest absolute Gasteiger partial charge is 0.497 e. The predicted octanol–water partition coefficient (Wildman–Crippen LogP) is 3.39. The summed E-state index contributed by atoms with van der Waals surface area (Å²) in [6, 6.07) is 9.38. The van der Waals surface area contributed by atoms with Gasteiger partial charge in [0.1, 0.15) is 17.3 Å². The van der Waals surface area contributed by atoms with Gasteiger partial charge in [0.2, 0.25) is 5.91 Å². The van der Waals surface area contributed by atoms with Gasteiger partial charge in [-0.05, 0) is 63.2 Å². The Balaban J connectivity index is 1.55. The number of methoxy groups -OCH3 is 2. The summed E-state index contributed by atoms with van der Waals surface area (Å²) >= 11 is 0. The second-order valence-electron chi connectivity index (χ2n) is 6.97. The summed E-state index contributed by atoms with van der Waals surface area (Å²) in [5.41, 5.74) is 0.917. The van der Waals surface area contributed by atoms with Crippen LogP contribution in [0.1, 0.15) is 37.1 Å². The average Bonchev–Trinajstić information content (AvgIpc) is 3.21. The summed E-state index contributed by atoms with van der Waals surface area (Å²) in [7, 11) is 3.26. The van der Waals surface area contributed by atoms with Crippen LogP contribution in [0.5, 0.6) is 11.5 Å². The minimum Gasteiger partial charge on any atom is -0.497 e. The van der Waals surface area contributed by atoms with E-state index in [1.54, 1.807) is 20.5 Å². The lowest BCUT2D eigenvalue weighted by molar-refractivity contribution is -0.127. The standard InChI is InChI=1S/C21H28N2O4/c1-15(19-13-17(25-2)6-7-20(19)26-3)22-21(24)16-8-10-23(11-9-16)14-18-5-4-12-27-18/h4-7,12-13,15-16H,8-11,14H2,1-3H3,(H,22,24). The molecule has 0 radical (unpaired) electrons. The molecule has 27 heavy (non-hydrogen) atoms. The number of nitrogens with one attached hydrogen (secondary N) is 1. The van der Waals surface area contributed by atoms with E-state index in [9.17, 15) is 4.79 Å². The molecule has 0 bridgehead atoms. The number of furan rings is 1. The Morgan fingerprint density at radius 3 is 2.67 bits per heavy atom. The molecule has 146 valence electrons. The van der Waals surface area contributed by atoms with Crippen LogP contribution in [0.2, 0.25) is 0 Å². The van der Waals surface area contributed by atoms with Crippen molar-refractivity contribution < 1.29 is 18.7 Å². The van der Waals surface area contributed by atoms with Crippen LogP contribution in [0.25, 0.3) is 0 Å². The highest BCUT2D eigenvalue weighted by Crippen LogP contribution is 2.30. The van der Waals surface area contributed by atoms with Crippen LogP contribution in [0.4, 0.5) is 0 Å². The highest BCUT2D eigenvalue weighted by molar-refractivity contribution is 5.79. The summed E-state index contributed by atoms with van der Waals surface area (Å²) in [4.78, 5) is 15.1. The number of nitrogens with zero attached hydrogens (tertiary/aromatic N) is 1. The van der Waals surface area contributed by atoms with E-state index < -0.39 is 0 Å². The molecule has 1 saturated heterocycles. The van der Waals surface area contributed by atoms with Crippen LogP contribution in [0, 0.1) is 5.92 Å². The molecule has 1 amide bonds. The second kappa shape index (κ2) is 8.95. The second-order valence-corrected chi connectivity index (χ2v) is 6.97. The van der Waals surface area contributed by atoms with Gasteiger partial charge in [-0.1, -0.05) is 0 Å². The monoisotopic (exact) mass is 372 g/mol. The number of amides is 1. The lowest BCUT2D eigenvalue weighted by Crippen LogP contribution is -2.40. The van der Waals surface area contributed by atoms with Gasteiger partial charge in [-0.25, -0.2) is 0 Å². The minimum absolute atomic E-state index is 0.0388. The molecule has 3 rings (SSSR count). The molecular weight excluding hydrogens is 344 g/mol. The lowest BCUT2D eigenvalue weighted by atomic mass is 9.95. The van der Waals surface area contributed by atoms with Crippen molar-refractivity contribution >= 4 is 5.91 Å². The van der Waals surface area contributed by atoms with Crippen molar-refractivity contribution in [1.82, 2.24) is 10.2 Å². The van der Waals surface area contributed by atoms with Gasteiger partial charge < -0.3 is 19.2 Å². The normalized spacial score (nSPS) is 16.7. The highest BCUT2D eigenvalue weighted by atomic mass is 16.5. The first kappa shape index (κ1) is 19.3. The summed E-state index contributed by atoms with van der Waals surface area (Å²) in [5.74, 6) is 2.61. The van der Waals surface area contributed by atoms with Crippen molar-refractivity contribution in [3.63, 3.8) is 0 Å². The summed E-state index contributed by atoms with van der Waals surface area (Å²) < 4.78 is 16.1. The smallest absolute Gasteiger partial charge is 0.223 e. The average molecular weight is 372 g/mol. The molecule has 2 heterocycles. The number of likely N-dealkylation sites (tertiary alicyclic amines) is 1. The third kappa shape index (κ3) is 4.83. The van der Waals surface area contributed by atoms with Crippen molar-refractivity contribution in [2.75, 3.05) is 27.3 Å². The summed E-state index contributed by atoms with van der Waals surface area (Å²) in [6.07, 6.45) is 3.41. The molecule has 0 aliphatic carbocycles. The van der Waals surface area contributed by atoms with Gasteiger partial charge in [-0.15, -0.1) is 0 Å². The Labute approximate surface area is 160 Å². The van der Waals surface area contributed by atoms with Crippen molar-refractivity contribution in [3.8, 4) is 11.5 Å². The van der Waals surface area contributed by atoms with Gasteiger partial charge in [-0.3, -0.25) is 9.69 Å². The zero-order chi connectivity index (χ0) is 19.2. The molecule has 6 heteroatoms. The maximum absolute atomic E-state index is 12.7. The molecule has 2 aromatic rings. The van der Waals surface area contributed by atoms with Crippen molar-refractivity contribution in [2.24, 2.45) is 5.92 Å². The number of rotatable bonds is 7. The van der Waals surface area contributed by atoms with Crippen LogP contribution in [0.15, 0.2) is 41.0 Å². The van der Waals surface area contributed by atoms with Crippen molar-refractivity contribution in [2.45, 2.75) is 32.4 Å². The van der Waals surface area contributed by atoms with Crippen molar-refractivity contribution in [3.05, 3.63) is 47.9 Å². The fourth-order valence-corrected chi connectivity index (χ4v) is 3.56. The maximum Gasteiger partial charge on any atom is 0.223 e. The van der Waals surface area contributed by atoms with E-state index >= 15 is 0 Å². The Morgan fingerprint density at radius 1 is 1.26 bits per heavy atom. The fraction of sp³-hybridized carbons (Fsp3) is 0.476. The first-order chi connectivity index (χ1) is 13.1. The van der Waals surface area contributed by atoms with E-state index in [0.717, 1.165) is 55.3 Å². The van der Waals surface area contributed by atoms with Crippen LogP contribution < -0.4 is 14.8 Å². The molecule has 1 aromatic heterocycles. The topological polar surface area (TPSA) is 63.9 Å². The van der Waals surface area contributed by atoms with Crippen LogP contribution in [0.3, 0.4) is 0 Å². The molecule has 1 unspecified atom stereocenters. The van der Waals surface area contributed by atoms with Crippen LogP contribution in [-0.2, 0) is 11.3 Å². The molecule has 1 aromatic carbocycles. The van der Waals surface area contributed by atoms with Gasteiger partial charge in [0.15, 0.2) is 0 Å². The van der Waals surface area contributed by atoms with E-state index in [1.165, 1.54) is 0 Å². The SMILES string of the molecule is COc1ccc(OC)c(C(C)NC(=O)C2CCN(Cc3ccco3)CC2)c1. The van der Waals surface area contributed by atoms with E-state index in [2.05, 4.69) is 10.2 Å². The van der Waals surface area contributed by atoms with E-state index in [0.29, 0.717) is 0 Å². The highest BCUT2D eigenvalue weighted by Gasteiger charge is 2.27. The molecular formula is C21H28N2O4. The Morgan fingerprint density at radius 2 is 2.04 bits per heavy atom. The quantitative estimate of drug-likeness (QED) is 0.807. The molecule has 1 aliphatic rings. The Hall–Kier alpha value is -2.47. The predicted molar refractivity (Wildman–Crippen MR) is 103 cm³/mol.